The van der Waals surface area contributed by atoms with Crippen molar-refractivity contribution in [2.24, 2.45) is 7.05 Å². The molecule has 0 fully saturated rings. The molecule has 1 aliphatic rings. The fourth-order valence-electron chi connectivity index (χ4n) is 2.62. The molecule has 88 valence electrons. The summed E-state index contributed by atoms with van der Waals surface area (Å²) < 4.78 is 1.91. The van der Waals surface area contributed by atoms with Gasteiger partial charge in [-0.3, -0.25) is 4.68 Å². The van der Waals surface area contributed by atoms with E-state index in [0.29, 0.717) is 0 Å². The lowest BCUT2D eigenvalue weighted by molar-refractivity contribution is 0.746. The molecule has 17 heavy (non-hydrogen) atoms. The van der Waals surface area contributed by atoms with Gasteiger partial charge in [-0.2, -0.15) is 5.10 Å². The van der Waals surface area contributed by atoms with Crippen LogP contribution in [-0.4, -0.2) is 16.3 Å². The quantitative estimate of drug-likeness (QED) is 0.854. The van der Waals surface area contributed by atoms with Crippen LogP contribution < -0.4 is 5.32 Å². The Hall–Kier alpha value is -1.77. The Morgan fingerprint density at radius 1 is 1.35 bits per heavy atom. The highest BCUT2D eigenvalue weighted by atomic mass is 15.2. The lowest BCUT2D eigenvalue weighted by Crippen LogP contribution is -1.90. The Morgan fingerprint density at radius 3 is 3.06 bits per heavy atom. The molecule has 0 bridgehead atoms. The van der Waals surface area contributed by atoms with Crippen LogP contribution >= 0.6 is 0 Å². The molecule has 0 saturated carbocycles. The highest BCUT2D eigenvalue weighted by Gasteiger charge is 2.17. The van der Waals surface area contributed by atoms with E-state index in [4.69, 9.17) is 0 Å². The maximum absolute atomic E-state index is 4.53. The normalized spacial score (nSPS) is 13.5. The van der Waals surface area contributed by atoms with E-state index in [0.717, 1.165) is 19.4 Å². The average Bonchev–Trinajstić information content (AvgIpc) is 2.93. The van der Waals surface area contributed by atoms with Gasteiger partial charge in [0.2, 0.25) is 0 Å². The second-order valence-corrected chi connectivity index (χ2v) is 4.53. The average molecular weight is 227 g/mol. The number of anilines is 1. The van der Waals surface area contributed by atoms with Crippen molar-refractivity contribution in [3.05, 3.63) is 35.7 Å². The maximum Gasteiger partial charge on any atom is 0.0700 e. The number of nitrogens with one attached hydrogen (secondary N) is 1. The zero-order valence-electron chi connectivity index (χ0n) is 10.3. The van der Waals surface area contributed by atoms with Gasteiger partial charge in [-0.25, -0.2) is 0 Å². The van der Waals surface area contributed by atoms with Crippen molar-refractivity contribution < 1.29 is 0 Å². The van der Waals surface area contributed by atoms with Gasteiger partial charge in [0.25, 0.3) is 0 Å². The summed E-state index contributed by atoms with van der Waals surface area (Å²) in [5.74, 6) is 0. The minimum absolute atomic E-state index is 0.979. The Labute approximate surface area is 101 Å². The molecule has 0 radical (unpaired) electrons. The molecule has 0 spiro atoms. The summed E-state index contributed by atoms with van der Waals surface area (Å²) >= 11 is 0. The molecule has 2 heterocycles. The van der Waals surface area contributed by atoms with Crippen LogP contribution in [0.15, 0.2) is 24.4 Å². The maximum atomic E-state index is 4.53. The van der Waals surface area contributed by atoms with E-state index in [9.17, 15) is 0 Å². The van der Waals surface area contributed by atoms with Gasteiger partial charge in [0, 0.05) is 31.0 Å². The first-order valence-corrected chi connectivity index (χ1v) is 6.18. The van der Waals surface area contributed by atoms with Gasteiger partial charge < -0.3 is 5.32 Å². The third-order valence-corrected chi connectivity index (χ3v) is 3.40. The molecule has 0 amide bonds. The smallest absolute Gasteiger partial charge is 0.0700 e. The van der Waals surface area contributed by atoms with Gasteiger partial charge in [0.1, 0.15) is 0 Å². The SMILES string of the molecule is CCc1nn(C)cc1-c1cccc2c1CCN2. The van der Waals surface area contributed by atoms with Gasteiger partial charge in [-0.05, 0) is 30.0 Å². The van der Waals surface area contributed by atoms with Gasteiger partial charge >= 0.3 is 0 Å². The van der Waals surface area contributed by atoms with Crippen molar-refractivity contribution >= 4 is 5.69 Å². The standard InChI is InChI=1S/C14H17N3/c1-3-13-12(9-17(2)16-13)10-5-4-6-14-11(10)7-8-15-14/h4-6,9,15H,3,7-8H2,1-2H3. The minimum Gasteiger partial charge on any atom is -0.384 e. The Morgan fingerprint density at radius 2 is 2.24 bits per heavy atom. The first-order valence-electron chi connectivity index (χ1n) is 6.18. The van der Waals surface area contributed by atoms with E-state index in [1.165, 1.54) is 28.1 Å². The monoisotopic (exact) mass is 227 g/mol. The van der Waals surface area contributed by atoms with Crippen LogP contribution in [0.2, 0.25) is 0 Å². The molecule has 1 N–H and O–H groups in total. The molecule has 3 nitrogen and oxygen atoms in total. The molecular weight excluding hydrogens is 210 g/mol. The van der Waals surface area contributed by atoms with Crippen LogP contribution in [0.5, 0.6) is 0 Å². The van der Waals surface area contributed by atoms with Crippen LogP contribution in [0, 0.1) is 0 Å². The summed E-state index contributed by atoms with van der Waals surface area (Å²) in [4.78, 5) is 0. The largest absolute Gasteiger partial charge is 0.384 e. The van der Waals surface area contributed by atoms with Crippen molar-refractivity contribution in [1.29, 1.82) is 0 Å². The van der Waals surface area contributed by atoms with Crippen LogP contribution in [0.1, 0.15) is 18.2 Å². The summed E-state index contributed by atoms with van der Waals surface area (Å²) in [6.07, 6.45) is 4.23. The van der Waals surface area contributed by atoms with Crippen molar-refractivity contribution in [2.45, 2.75) is 19.8 Å². The third kappa shape index (κ3) is 1.62. The summed E-state index contributed by atoms with van der Waals surface area (Å²) in [7, 11) is 1.99. The molecule has 1 aromatic heterocycles. The molecule has 0 atom stereocenters. The predicted octanol–water partition coefficient (Wildman–Crippen LogP) is 2.62. The topological polar surface area (TPSA) is 29.9 Å². The van der Waals surface area contributed by atoms with Crippen LogP contribution in [0.4, 0.5) is 5.69 Å². The van der Waals surface area contributed by atoms with E-state index >= 15 is 0 Å². The second-order valence-electron chi connectivity index (χ2n) is 4.53. The fraction of sp³-hybridized carbons (Fsp3) is 0.357. The molecule has 3 heteroatoms. The first kappa shape index (κ1) is 10.4. The van der Waals surface area contributed by atoms with E-state index < -0.39 is 0 Å². The predicted molar refractivity (Wildman–Crippen MR) is 70.2 cm³/mol. The number of hydrogen-bond acceptors (Lipinski definition) is 2. The van der Waals surface area contributed by atoms with E-state index in [1.54, 1.807) is 0 Å². The van der Waals surface area contributed by atoms with Gasteiger partial charge in [0.05, 0.1) is 5.69 Å². The van der Waals surface area contributed by atoms with Crippen molar-refractivity contribution in [1.82, 2.24) is 9.78 Å². The Balaban J connectivity index is 2.18. The van der Waals surface area contributed by atoms with Crippen LogP contribution in [0.25, 0.3) is 11.1 Å². The number of nitrogens with zero attached hydrogens (tertiary/aromatic N) is 2. The first-order chi connectivity index (χ1) is 8.29. The number of aromatic nitrogens is 2. The molecule has 2 aromatic rings. The molecule has 3 rings (SSSR count). The molecule has 0 aliphatic carbocycles. The molecule has 1 aromatic carbocycles. The van der Waals surface area contributed by atoms with E-state index in [2.05, 4.69) is 41.7 Å². The van der Waals surface area contributed by atoms with Gasteiger partial charge in [0.15, 0.2) is 0 Å². The van der Waals surface area contributed by atoms with Crippen LogP contribution in [-0.2, 0) is 19.9 Å². The van der Waals surface area contributed by atoms with Crippen LogP contribution in [0.3, 0.4) is 0 Å². The summed E-state index contributed by atoms with van der Waals surface area (Å²) in [6, 6.07) is 6.49. The molecule has 1 aliphatic heterocycles. The lowest BCUT2D eigenvalue weighted by atomic mass is 9.97. The molecule has 0 unspecified atom stereocenters. The second kappa shape index (κ2) is 3.91. The Bertz CT molecular complexity index is 555. The van der Waals surface area contributed by atoms with Crippen molar-refractivity contribution in [3.63, 3.8) is 0 Å². The lowest BCUT2D eigenvalue weighted by Gasteiger charge is -2.07. The van der Waals surface area contributed by atoms with Crippen molar-refractivity contribution in [2.75, 3.05) is 11.9 Å². The number of aryl methyl sites for hydroxylation is 2. The Kier molecular flexibility index (Phi) is 2.39. The number of hydrogen-bond donors (Lipinski definition) is 1. The van der Waals surface area contributed by atoms with Crippen molar-refractivity contribution in [3.8, 4) is 11.1 Å². The van der Waals surface area contributed by atoms with E-state index in [-0.39, 0.29) is 0 Å². The van der Waals surface area contributed by atoms with Gasteiger partial charge in [-0.1, -0.05) is 19.1 Å². The summed E-state index contributed by atoms with van der Waals surface area (Å²) in [6.45, 7) is 3.21. The number of benzene rings is 1. The summed E-state index contributed by atoms with van der Waals surface area (Å²) in [5.41, 5.74) is 6.55. The van der Waals surface area contributed by atoms with E-state index in [1.807, 2.05) is 11.7 Å². The third-order valence-electron chi connectivity index (χ3n) is 3.40. The number of fused-ring (bicyclic) bond motifs is 1. The zero-order valence-corrected chi connectivity index (χ0v) is 10.3. The zero-order chi connectivity index (χ0) is 11.8. The minimum atomic E-state index is 0.979. The van der Waals surface area contributed by atoms with Gasteiger partial charge in [-0.15, -0.1) is 0 Å². The highest BCUT2D eigenvalue weighted by Crippen LogP contribution is 2.34. The number of rotatable bonds is 2. The molecular formula is C14H17N3. The fourth-order valence-corrected chi connectivity index (χ4v) is 2.62. The highest BCUT2D eigenvalue weighted by molar-refractivity contribution is 5.76. The summed E-state index contributed by atoms with van der Waals surface area (Å²) in [5, 5.41) is 7.95. The molecule has 0 saturated heterocycles.